The first-order valence-electron chi connectivity index (χ1n) is 11.1. The molecule has 0 unspecified atom stereocenters. The van der Waals surface area contributed by atoms with Gasteiger partial charge in [-0.3, -0.25) is 0 Å². The monoisotopic (exact) mass is 406 g/mol. The first kappa shape index (κ1) is 16.6. The molecule has 0 aliphatic rings. The van der Waals surface area contributed by atoms with Crippen LogP contribution in [0.1, 0.15) is 11.1 Å². The molecule has 0 bridgehead atoms. The van der Waals surface area contributed by atoms with Gasteiger partial charge in [0.15, 0.2) is 0 Å². The fourth-order valence-electron chi connectivity index (χ4n) is 6.06. The second-order valence-electron chi connectivity index (χ2n) is 9.03. The molecule has 0 radical (unpaired) electrons. The average Bonchev–Trinajstić information content (AvgIpc) is 2.85. The number of rotatable bonds is 0. The van der Waals surface area contributed by atoms with Gasteiger partial charge in [0.25, 0.3) is 0 Å². The Morgan fingerprint density at radius 3 is 1.25 bits per heavy atom. The van der Waals surface area contributed by atoms with Gasteiger partial charge in [0.1, 0.15) is 0 Å². The number of hydrogen-bond donors (Lipinski definition) is 0. The van der Waals surface area contributed by atoms with E-state index in [1.54, 1.807) is 0 Å². The van der Waals surface area contributed by atoms with Crippen molar-refractivity contribution in [1.82, 2.24) is 9.97 Å². The van der Waals surface area contributed by atoms with Gasteiger partial charge < -0.3 is 0 Å². The smallest absolute Gasteiger partial charge is 0.0801 e. The van der Waals surface area contributed by atoms with Crippen LogP contribution in [0, 0.1) is 13.8 Å². The molecule has 0 saturated carbocycles. The summed E-state index contributed by atoms with van der Waals surface area (Å²) in [7, 11) is 0. The van der Waals surface area contributed by atoms with E-state index in [-0.39, 0.29) is 0 Å². The van der Waals surface area contributed by atoms with Crippen molar-refractivity contribution in [1.29, 1.82) is 0 Å². The summed E-state index contributed by atoms with van der Waals surface area (Å²) < 4.78 is 0. The zero-order chi connectivity index (χ0) is 21.1. The van der Waals surface area contributed by atoms with Gasteiger partial charge in [-0.25, -0.2) is 9.97 Å². The van der Waals surface area contributed by atoms with Crippen LogP contribution in [-0.4, -0.2) is 9.97 Å². The number of pyridine rings is 2. The van der Waals surface area contributed by atoms with Gasteiger partial charge in [-0.05, 0) is 58.7 Å². The fourth-order valence-corrected chi connectivity index (χ4v) is 6.06. The first-order valence-corrected chi connectivity index (χ1v) is 11.1. The van der Waals surface area contributed by atoms with Crippen LogP contribution in [-0.2, 0) is 0 Å². The molecule has 0 aliphatic carbocycles. The molecule has 2 heteroatoms. The molecule has 0 fully saturated rings. The van der Waals surface area contributed by atoms with E-state index in [0.717, 1.165) is 22.1 Å². The molecule has 2 heterocycles. The topological polar surface area (TPSA) is 25.8 Å². The van der Waals surface area contributed by atoms with E-state index in [1.807, 2.05) is 0 Å². The summed E-state index contributed by atoms with van der Waals surface area (Å²) in [5, 5.41) is 12.6. The SMILES string of the molecule is Cc1c2ccccc2c2nc3ccc4c(C)c5ccccc5c5nc6ccc1c2c6c3c45. The van der Waals surface area contributed by atoms with E-state index in [1.165, 1.54) is 65.0 Å². The Bertz CT molecular complexity index is 1900. The standard InChI is InChI=1S/C30H18N2/c1-15-17-7-3-5-9-21(17)29-25-19(15)11-13-23-27(25)28-24(31-29)14-12-20-16(2)18-8-4-6-10-22(18)30(32-23)26(20)28/h3-14H,1-2H3. The molecule has 0 N–H and O–H groups in total. The lowest BCUT2D eigenvalue weighted by molar-refractivity contribution is 1.48. The van der Waals surface area contributed by atoms with Crippen molar-refractivity contribution in [2.45, 2.75) is 13.8 Å². The first-order chi connectivity index (χ1) is 15.7. The Hall–Kier alpha value is -4.04. The molecule has 2 nitrogen and oxygen atoms in total. The normalized spacial score (nSPS) is 12.7. The summed E-state index contributed by atoms with van der Waals surface area (Å²) in [5.41, 5.74) is 6.90. The molecule has 6 aromatic carbocycles. The summed E-state index contributed by atoms with van der Waals surface area (Å²) in [5.74, 6) is 0. The Kier molecular flexibility index (Phi) is 2.81. The highest BCUT2D eigenvalue weighted by atomic mass is 14.7. The molecule has 148 valence electrons. The molecule has 8 aromatic rings. The van der Waals surface area contributed by atoms with Crippen LogP contribution in [0.15, 0.2) is 72.8 Å². The van der Waals surface area contributed by atoms with Crippen LogP contribution in [0.3, 0.4) is 0 Å². The van der Waals surface area contributed by atoms with Crippen molar-refractivity contribution < 1.29 is 0 Å². The largest absolute Gasteiger partial charge is 0.247 e. The van der Waals surface area contributed by atoms with Crippen molar-refractivity contribution in [2.24, 2.45) is 0 Å². The maximum absolute atomic E-state index is 5.28. The van der Waals surface area contributed by atoms with Crippen LogP contribution in [0.4, 0.5) is 0 Å². The number of nitrogens with zero attached hydrogens (tertiary/aromatic N) is 2. The maximum Gasteiger partial charge on any atom is 0.0801 e. The van der Waals surface area contributed by atoms with Gasteiger partial charge in [-0.15, -0.1) is 0 Å². The van der Waals surface area contributed by atoms with Gasteiger partial charge in [-0.1, -0.05) is 60.7 Å². The predicted octanol–water partition coefficient (Wildman–Crippen LogP) is 8.04. The van der Waals surface area contributed by atoms with Crippen LogP contribution >= 0.6 is 0 Å². The Labute approximate surface area is 183 Å². The summed E-state index contributed by atoms with van der Waals surface area (Å²) in [6.07, 6.45) is 0. The molecular weight excluding hydrogens is 388 g/mol. The lowest BCUT2D eigenvalue weighted by Crippen LogP contribution is -1.97. The molecule has 0 saturated heterocycles. The van der Waals surface area contributed by atoms with Gasteiger partial charge in [0.2, 0.25) is 0 Å². The van der Waals surface area contributed by atoms with Crippen LogP contribution in [0.2, 0.25) is 0 Å². The van der Waals surface area contributed by atoms with Crippen molar-refractivity contribution in [3.05, 3.63) is 83.9 Å². The highest BCUT2D eigenvalue weighted by Crippen LogP contribution is 2.46. The minimum Gasteiger partial charge on any atom is -0.247 e. The summed E-state index contributed by atoms with van der Waals surface area (Å²) in [6.45, 7) is 4.46. The van der Waals surface area contributed by atoms with Crippen LogP contribution in [0.5, 0.6) is 0 Å². The second kappa shape index (κ2) is 5.41. The maximum atomic E-state index is 5.28. The van der Waals surface area contributed by atoms with E-state index >= 15 is 0 Å². The average molecular weight is 406 g/mol. The Balaban J connectivity index is 1.79. The number of aryl methyl sites for hydroxylation is 2. The van der Waals surface area contributed by atoms with Gasteiger partial charge in [0, 0.05) is 32.3 Å². The minimum absolute atomic E-state index is 1.05. The van der Waals surface area contributed by atoms with Crippen molar-refractivity contribution in [3.8, 4) is 0 Å². The number of aromatic nitrogens is 2. The van der Waals surface area contributed by atoms with Gasteiger partial charge in [0.05, 0.1) is 22.1 Å². The molecule has 8 rings (SSSR count). The third-order valence-corrected chi connectivity index (χ3v) is 7.54. The lowest BCUT2D eigenvalue weighted by atomic mass is 9.87. The van der Waals surface area contributed by atoms with E-state index in [2.05, 4.69) is 86.6 Å². The van der Waals surface area contributed by atoms with Crippen molar-refractivity contribution >= 4 is 75.9 Å². The Morgan fingerprint density at radius 2 is 0.812 bits per heavy atom. The summed E-state index contributed by atoms with van der Waals surface area (Å²) in [4.78, 5) is 10.6. The minimum atomic E-state index is 1.05. The van der Waals surface area contributed by atoms with E-state index in [4.69, 9.17) is 9.97 Å². The predicted molar refractivity (Wildman–Crippen MR) is 136 cm³/mol. The second-order valence-corrected chi connectivity index (χ2v) is 9.03. The highest BCUT2D eigenvalue weighted by molar-refractivity contribution is 6.38. The quantitative estimate of drug-likeness (QED) is 0.188. The third-order valence-electron chi connectivity index (χ3n) is 7.54. The van der Waals surface area contributed by atoms with Crippen molar-refractivity contribution in [3.63, 3.8) is 0 Å². The number of hydrogen-bond acceptors (Lipinski definition) is 2. The highest BCUT2D eigenvalue weighted by Gasteiger charge is 2.22. The number of benzene rings is 6. The molecule has 0 spiro atoms. The van der Waals surface area contributed by atoms with Crippen LogP contribution < -0.4 is 0 Å². The molecular formula is C30H18N2. The molecule has 0 amide bonds. The third kappa shape index (κ3) is 1.76. The van der Waals surface area contributed by atoms with E-state index in [9.17, 15) is 0 Å². The van der Waals surface area contributed by atoms with E-state index in [0.29, 0.717) is 0 Å². The van der Waals surface area contributed by atoms with Gasteiger partial charge in [-0.2, -0.15) is 0 Å². The summed E-state index contributed by atoms with van der Waals surface area (Å²) in [6, 6.07) is 26.2. The zero-order valence-electron chi connectivity index (χ0n) is 17.8. The fraction of sp³-hybridized carbons (Fsp3) is 0.0667. The molecule has 0 aliphatic heterocycles. The lowest BCUT2D eigenvalue weighted by Gasteiger charge is -2.20. The molecule has 32 heavy (non-hydrogen) atoms. The molecule has 0 atom stereocenters. The summed E-state index contributed by atoms with van der Waals surface area (Å²) >= 11 is 0. The molecule has 2 aromatic heterocycles. The van der Waals surface area contributed by atoms with Crippen LogP contribution in [0.25, 0.3) is 75.9 Å². The zero-order valence-corrected chi connectivity index (χ0v) is 17.8. The van der Waals surface area contributed by atoms with E-state index < -0.39 is 0 Å². The Morgan fingerprint density at radius 1 is 0.406 bits per heavy atom. The van der Waals surface area contributed by atoms with Crippen molar-refractivity contribution in [2.75, 3.05) is 0 Å². The number of fused-ring (bicyclic) bond motifs is 4. The van der Waals surface area contributed by atoms with Gasteiger partial charge >= 0.3 is 0 Å².